The number of methoxy groups -OCH3 is 1. The summed E-state index contributed by atoms with van der Waals surface area (Å²) in [4.78, 5) is 25.0. The van der Waals surface area contributed by atoms with Crippen molar-refractivity contribution in [2.45, 2.75) is 39.0 Å². The van der Waals surface area contributed by atoms with Crippen LogP contribution in [0, 0.1) is 0 Å². The number of amides is 1. The summed E-state index contributed by atoms with van der Waals surface area (Å²) in [6.07, 6.45) is 0.260. The summed E-state index contributed by atoms with van der Waals surface area (Å²) in [5, 5.41) is 4.82. The van der Waals surface area contributed by atoms with Gasteiger partial charge < -0.3 is 14.8 Å². The van der Waals surface area contributed by atoms with Crippen molar-refractivity contribution in [2.24, 2.45) is 0 Å². The second-order valence-electron chi connectivity index (χ2n) is 5.88. The van der Waals surface area contributed by atoms with E-state index in [-0.39, 0.29) is 24.4 Å². The molecule has 0 radical (unpaired) electrons. The van der Waals surface area contributed by atoms with Crippen molar-refractivity contribution in [1.29, 1.82) is 0 Å². The Morgan fingerprint density at radius 2 is 1.88 bits per heavy atom. The number of thiophene rings is 1. The quantitative estimate of drug-likeness (QED) is 0.728. The van der Waals surface area contributed by atoms with Crippen molar-refractivity contribution in [2.75, 3.05) is 7.11 Å². The topological polar surface area (TPSA) is 64.6 Å². The molecule has 0 spiro atoms. The van der Waals surface area contributed by atoms with Crippen molar-refractivity contribution in [3.63, 3.8) is 0 Å². The lowest BCUT2D eigenvalue weighted by atomic mass is 10.1. The van der Waals surface area contributed by atoms with E-state index in [4.69, 9.17) is 9.47 Å². The third kappa shape index (κ3) is 5.99. The predicted molar refractivity (Wildman–Crippen MR) is 97.5 cm³/mol. The van der Waals surface area contributed by atoms with Crippen molar-refractivity contribution < 1.29 is 19.1 Å². The van der Waals surface area contributed by atoms with Gasteiger partial charge in [0.2, 0.25) is 0 Å². The molecular formula is C19H23NO4S. The number of nitrogens with one attached hydrogen (secondary N) is 1. The molecule has 5 nitrogen and oxygen atoms in total. The van der Waals surface area contributed by atoms with Crippen LogP contribution in [0.5, 0.6) is 0 Å². The first-order chi connectivity index (χ1) is 12.0. The Labute approximate surface area is 152 Å². The average Bonchev–Trinajstić information content (AvgIpc) is 3.14. The molecule has 0 fully saturated rings. The molecule has 1 amide bonds. The van der Waals surface area contributed by atoms with E-state index in [1.165, 1.54) is 18.4 Å². The molecule has 1 aromatic heterocycles. The fourth-order valence-corrected chi connectivity index (χ4v) is 3.00. The van der Waals surface area contributed by atoms with Gasteiger partial charge in [-0.15, -0.1) is 11.3 Å². The molecule has 1 heterocycles. The van der Waals surface area contributed by atoms with E-state index in [0.29, 0.717) is 12.2 Å². The number of rotatable bonds is 8. The minimum atomic E-state index is -0.399. The van der Waals surface area contributed by atoms with Crippen LogP contribution >= 0.6 is 11.3 Å². The van der Waals surface area contributed by atoms with Crippen LogP contribution in [0.1, 0.15) is 47.1 Å². The average molecular weight is 361 g/mol. The molecule has 0 unspecified atom stereocenters. The van der Waals surface area contributed by atoms with Gasteiger partial charge in [0.15, 0.2) is 0 Å². The summed E-state index contributed by atoms with van der Waals surface area (Å²) < 4.78 is 10.3. The van der Waals surface area contributed by atoms with E-state index in [9.17, 15) is 9.59 Å². The maximum absolute atomic E-state index is 12.5. The van der Waals surface area contributed by atoms with Crippen LogP contribution in [0.25, 0.3) is 0 Å². The molecule has 1 aromatic carbocycles. The Bertz CT molecular complexity index is 680. The molecule has 1 N–H and O–H groups in total. The third-order valence-electron chi connectivity index (χ3n) is 3.59. The second kappa shape index (κ2) is 9.34. The molecule has 2 aromatic rings. The largest absolute Gasteiger partial charge is 0.469 e. The first-order valence-corrected chi connectivity index (χ1v) is 8.99. The van der Waals surface area contributed by atoms with E-state index < -0.39 is 6.04 Å². The standard InChI is InChI=1S/C19H23NO4S/c1-13(2)24-12-14-6-8-15(9-7-14)19(22)20-16(11-18(21)23-3)17-5-4-10-25-17/h4-10,13,16H,11-12H2,1-3H3,(H,20,22)/t16-/m1/s1. The van der Waals surface area contributed by atoms with Crippen LogP contribution in [-0.2, 0) is 20.9 Å². The number of hydrogen-bond acceptors (Lipinski definition) is 5. The molecule has 0 bridgehead atoms. The first-order valence-electron chi connectivity index (χ1n) is 8.11. The smallest absolute Gasteiger partial charge is 0.307 e. The molecule has 2 rings (SSSR count). The van der Waals surface area contributed by atoms with E-state index in [1.807, 2.05) is 43.5 Å². The number of esters is 1. The lowest BCUT2D eigenvalue weighted by Gasteiger charge is -2.16. The summed E-state index contributed by atoms with van der Waals surface area (Å²) in [7, 11) is 1.34. The van der Waals surface area contributed by atoms with Crippen molar-refractivity contribution in [3.8, 4) is 0 Å². The maximum atomic E-state index is 12.5. The Balaban J connectivity index is 2.03. The Morgan fingerprint density at radius 1 is 1.16 bits per heavy atom. The van der Waals surface area contributed by atoms with Gasteiger partial charge >= 0.3 is 5.97 Å². The second-order valence-corrected chi connectivity index (χ2v) is 6.86. The Hall–Kier alpha value is -2.18. The number of benzene rings is 1. The van der Waals surface area contributed by atoms with E-state index in [1.54, 1.807) is 12.1 Å². The van der Waals surface area contributed by atoms with E-state index >= 15 is 0 Å². The molecule has 6 heteroatoms. The van der Waals surface area contributed by atoms with Crippen LogP contribution in [0.4, 0.5) is 0 Å². The zero-order valence-corrected chi connectivity index (χ0v) is 15.5. The zero-order chi connectivity index (χ0) is 18.2. The Kier molecular flexibility index (Phi) is 7.16. The highest BCUT2D eigenvalue weighted by molar-refractivity contribution is 7.10. The minimum Gasteiger partial charge on any atom is -0.469 e. The summed E-state index contributed by atoms with van der Waals surface area (Å²) in [6.45, 7) is 4.47. The molecule has 0 saturated carbocycles. The van der Waals surface area contributed by atoms with Crippen LogP contribution in [0.15, 0.2) is 41.8 Å². The number of ether oxygens (including phenoxy) is 2. The van der Waals surface area contributed by atoms with Gasteiger partial charge in [0, 0.05) is 10.4 Å². The highest BCUT2D eigenvalue weighted by atomic mass is 32.1. The highest BCUT2D eigenvalue weighted by Gasteiger charge is 2.20. The minimum absolute atomic E-state index is 0.100. The summed E-state index contributed by atoms with van der Waals surface area (Å²) in [5.74, 6) is -0.585. The zero-order valence-electron chi connectivity index (χ0n) is 14.7. The van der Waals surface area contributed by atoms with Gasteiger partial charge in [0.1, 0.15) is 0 Å². The number of carbonyl (C=O) groups excluding carboxylic acids is 2. The fourth-order valence-electron chi connectivity index (χ4n) is 2.22. The van der Waals surface area contributed by atoms with Crippen LogP contribution in [0.2, 0.25) is 0 Å². The number of hydrogen-bond donors (Lipinski definition) is 1. The maximum Gasteiger partial charge on any atom is 0.307 e. The normalized spacial score (nSPS) is 12.0. The van der Waals surface area contributed by atoms with Crippen molar-refractivity contribution in [3.05, 3.63) is 57.8 Å². The fraction of sp³-hybridized carbons (Fsp3) is 0.368. The number of carbonyl (C=O) groups is 2. The summed E-state index contributed by atoms with van der Waals surface area (Å²) >= 11 is 1.49. The highest BCUT2D eigenvalue weighted by Crippen LogP contribution is 2.23. The monoisotopic (exact) mass is 361 g/mol. The lowest BCUT2D eigenvalue weighted by molar-refractivity contribution is -0.141. The van der Waals surface area contributed by atoms with Crippen molar-refractivity contribution >= 4 is 23.2 Å². The molecule has 0 saturated heterocycles. The molecule has 0 aliphatic rings. The van der Waals surface area contributed by atoms with Gasteiger partial charge in [-0.05, 0) is 43.0 Å². The van der Waals surface area contributed by atoms with Crippen LogP contribution in [-0.4, -0.2) is 25.1 Å². The Morgan fingerprint density at radius 3 is 2.44 bits per heavy atom. The summed E-state index contributed by atoms with van der Waals surface area (Å²) in [6, 6.07) is 10.7. The summed E-state index contributed by atoms with van der Waals surface area (Å²) in [5.41, 5.74) is 1.55. The van der Waals surface area contributed by atoms with Crippen LogP contribution < -0.4 is 5.32 Å². The molecule has 0 aliphatic heterocycles. The van der Waals surface area contributed by atoms with Crippen LogP contribution in [0.3, 0.4) is 0 Å². The molecule has 1 atom stereocenters. The van der Waals surface area contributed by atoms with E-state index in [0.717, 1.165) is 10.4 Å². The van der Waals surface area contributed by atoms with Gasteiger partial charge in [0.25, 0.3) is 5.91 Å². The molecular weight excluding hydrogens is 338 g/mol. The molecule has 0 aliphatic carbocycles. The molecule has 25 heavy (non-hydrogen) atoms. The van der Waals surface area contributed by atoms with Gasteiger partial charge in [-0.1, -0.05) is 18.2 Å². The van der Waals surface area contributed by atoms with Gasteiger partial charge in [-0.25, -0.2) is 0 Å². The SMILES string of the molecule is COC(=O)C[C@@H](NC(=O)c1ccc(COC(C)C)cc1)c1cccs1. The third-order valence-corrected chi connectivity index (χ3v) is 4.58. The van der Waals surface area contributed by atoms with Gasteiger partial charge in [-0.2, -0.15) is 0 Å². The van der Waals surface area contributed by atoms with E-state index in [2.05, 4.69) is 5.32 Å². The van der Waals surface area contributed by atoms with Gasteiger partial charge in [0.05, 0.1) is 32.3 Å². The van der Waals surface area contributed by atoms with Gasteiger partial charge in [-0.3, -0.25) is 9.59 Å². The van der Waals surface area contributed by atoms with Crippen molar-refractivity contribution in [1.82, 2.24) is 5.32 Å². The molecule has 134 valence electrons. The lowest BCUT2D eigenvalue weighted by Crippen LogP contribution is -2.30. The first kappa shape index (κ1) is 19.1. The predicted octanol–water partition coefficient (Wildman–Crippen LogP) is 3.71.